The molecule has 0 unspecified atom stereocenters. The monoisotopic (exact) mass is 239 g/mol. The maximum atomic E-state index is 5.56. The molecule has 1 nitrogen and oxygen atoms in total. The fourth-order valence-corrected chi connectivity index (χ4v) is 2.18. The van der Waals surface area contributed by atoms with Crippen LogP contribution in [0.2, 0.25) is 0 Å². The maximum absolute atomic E-state index is 5.56. The van der Waals surface area contributed by atoms with Gasteiger partial charge in [0.2, 0.25) is 0 Å². The largest absolute Gasteiger partial charge is 0.374 e. The number of hydrogen-bond acceptors (Lipinski definition) is 1. The molecule has 0 amide bonds. The summed E-state index contributed by atoms with van der Waals surface area (Å²) >= 11 is 2.37. The van der Waals surface area contributed by atoms with Crippen molar-refractivity contribution in [2.75, 3.05) is 4.43 Å². The molecular formula is C7H12IO. The van der Waals surface area contributed by atoms with Crippen molar-refractivity contribution in [1.82, 2.24) is 0 Å². The zero-order valence-corrected chi connectivity index (χ0v) is 7.96. The van der Waals surface area contributed by atoms with Gasteiger partial charge in [0.15, 0.2) is 0 Å². The molecule has 1 radical (unpaired) electrons. The highest BCUT2D eigenvalue weighted by molar-refractivity contribution is 14.1. The van der Waals surface area contributed by atoms with Crippen LogP contribution in [0.15, 0.2) is 0 Å². The van der Waals surface area contributed by atoms with Gasteiger partial charge in [-0.15, -0.1) is 0 Å². The molecule has 53 valence electrons. The molecule has 3 atom stereocenters. The second-order valence-corrected chi connectivity index (χ2v) is 3.47. The van der Waals surface area contributed by atoms with Crippen molar-refractivity contribution in [3.63, 3.8) is 0 Å². The van der Waals surface area contributed by atoms with Crippen molar-refractivity contribution in [3.05, 3.63) is 6.42 Å². The first-order valence-corrected chi connectivity index (χ1v) is 4.83. The van der Waals surface area contributed by atoms with Crippen LogP contribution in [0.1, 0.15) is 13.8 Å². The van der Waals surface area contributed by atoms with Gasteiger partial charge in [0.1, 0.15) is 0 Å². The lowest BCUT2D eigenvalue weighted by Gasteiger charge is -2.09. The molecule has 1 rings (SSSR count). The molecule has 0 aliphatic carbocycles. The zero-order valence-electron chi connectivity index (χ0n) is 5.80. The van der Waals surface area contributed by atoms with Crippen molar-refractivity contribution in [2.24, 2.45) is 5.92 Å². The lowest BCUT2D eigenvalue weighted by atomic mass is 10.0. The first-order valence-electron chi connectivity index (χ1n) is 3.30. The first-order chi connectivity index (χ1) is 4.24. The van der Waals surface area contributed by atoms with Crippen LogP contribution >= 0.6 is 22.6 Å². The van der Waals surface area contributed by atoms with E-state index in [2.05, 4.69) is 42.9 Å². The quantitative estimate of drug-likeness (QED) is 0.502. The van der Waals surface area contributed by atoms with Crippen molar-refractivity contribution in [3.8, 4) is 0 Å². The van der Waals surface area contributed by atoms with Crippen LogP contribution in [0.4, 0.5) is 0 Å². The van der Waals surface area contributed by atoms with E-state index in [1.165, 1.54) is 0 Å². The molecule has 1 saturated heterocycles. The van der Waals surface area contributed by atoms with E-state index < -0.39 is 0 Å². The number of hydrogen-bond donors (Lipinski definition) is 0. The molecule has 1 fully saturated rings. The second kappa shape index (κ2) is 3.19. The normalized spacial score (nSPS) is 43.7. The van der Waals surface area contributed by atoms with Gasteiger partial charge in [-0.3, -0.25) is 0 Å². The van der Waals surface area contributed by atoms with Gasteiger partial charge in [-0.2, -0.15) is 0 Å². The topological polar surface area (TPSA) is 9.23 Å². The Morgan fingerprint density at radius 3 is 2.44 bits per heavy atom. The van der Waals surface area contributed by atoms with Crippen LogP contribution in [0.25, 0.3) is 0 Å². The Bertz CT molecular complexity index is 94.9. The molecule has 0 aromatic carbocycles. The van der Waals surface area contributed by atoms with E-state index in [1.54, 1.807) is 0 Å². The fourth-order valence-electron chi connectivity index (χ4n) is 1.17. The predicted octanol–water partition coefficient (Wildman–Crippen LogP) is 2.05. The Hall–Kier alpha value is 0.690. The third-order valence-corrected chi connectivity index (χ3v) is 2.57. The van der Waals surface area contributed by atoms with Gasteiger partial charge < -0.3 is 4.74 Å². The highest BCUT2D eigenvalue weighted by Crippen LogP contribution is 2.25. The van der Waals surface area contributed by atoms with Crippen LogP contribution in [0, 0.1) is 12.3 Å². The molecule has 0 aromatic heterocycles. The summed E-state index contributed by atoms with van der Waals surface area (Å²) in [5.74, 6) is 0.650. The van der Waals surface area contributed by atoms with Gasteiger partial charge in [-0.1, -0.05) is 29.5 Å². The summed E-state index contributed by atoms with van der Waals surface area (Å²) in [6, 6.07) is 0. The molecule has 0 spiro atoms. The van der Waals surface area contributed by atoms with Crippen LogP contribution in [0.5, 0.6) is 0 Å². The van der Waals surface area contributed by atoms with E-state index in [1.807, 2.05) is 0 Å². The zero-order chi connectivity index (χ0) is 6.85. The Morgan fingerprint density at radius 1 is 1.56 bits per heavy atom. The number of alkyl halides is 1. The van der Waals surface area contributed by atoms with E-state index in [0.29, 0.717) is 18.1 Å². The lowest BCUT2D eigenvalue weighted by Crippen LogP contribution is -2.14. The average Bonchev–Trinajstić information content (AvgIpc) is 2.10. The van der Waals surface area contributed by atoms with Crippen molar-refractivity contribution in [2.45, 2.75) is 26.1 Å². The SMILES string of the molecule is C[C@@H]1[CH][C@H](C)O[C@@H]1CI. The van der Waals surface area contributed by atoms with E-state index in [9.17, 15) is 0 Å². The minimum atomic E-state index is 0.375. The molecule has 0 aromatic rings. The van der Waals surface area contributed by atoms with Gasteiger partial charge in [0, 0.05) is 4.43 Å². The van der Waals surface area contributed by atoms with Gasteiger partial charge in [0.25, 0.3) is 0 Å². The molecule has 2 heteroatoms. The average molecular weight is 239 g/mol. The number of ether oxygens (including phenoxy) is 1. The molecule has 1 heterocycles. The standard InChI is InChI=1S/C7H12IO/c1-5-3-6(2)9-7(5)4-8/h3,5-7H,4H2,1-2H3/t5-,6+,7-/m1/s1. The van der Waals surface area contributed by atoms with Gasteiger partial charge in [0.05, 0.1) is 12.2 Å². The Morgan fingerprint density at radius 2 is 2.22 bits per heavy atom. The van der Waals surface area contributed by atoms with Crippen LogP contribution in [0.3, 0.4) is 0 Å². The summed E-state index contributed by atoms with van der Waals surface area (Å²) in [5.41, 5.74) is 0. The molecule has 0 N–H and O–H groups in total. The minimum Gasteiger partial charge on any atom is -0.374 e. The molecule has 0 bridgehead atoms. The van der Waals surface area contributed by atoms with Gasteiger partial charge in [-0.25, -0.2) is 0 Å². The lowest BCUT2D eigenvalue weighted by molar-refractivity contribution is 0.0665. The highest BCUT2D eigenvalue weighted by atomic mass is 127. The molecular weight excluding hydrogens is 227 g/mol. The first kappa shape index (κ1) is 7.79. The summed E-state index contributed by atoms with van der Waals surface area (Å²) < 4.78 is 6.67. The summed E-state index contributed by atoms with van der Waals surface area (Å²) in [7, 11) is 0. The molecule has 1 aliphatic heterocycles. The van der Waals surface area contributed by atoms with E-state index in [-0.39, 0.29) is 0 Å². The Kier molecular flexibility index (Phi) is 2.76. The number of halogens is 1. The van der Waals surface area contributed by atoms with Gasteiger partial charge in [-0.05, 0) is 19.3 Å². The molecule has 9 heavy (non-hydrogen) atoms. The Balaban J connectivity index is 2.38. The van der Waals surface area contributed by atoms with E-state index in [0.717, 1.165) is 4.43 Å². The smallest absolute Gasteiger partial charge is 0.0697 e. The maximum Gasteiger partial charge on any atom is 0.0697 e. The summed E-state index contributed by atoms with van der Waals surface area (Å²) in [4.78, 5) is 0. The third kappa shape index (κ3) is 1.80. The second-order valence-electron chi connectivity index (χ2n) is 2.59. The van der Waals surface area contributed by atoms with Crippen molar-refractivity contribution >= 4 is 22.6 Å². The van der Waals surface area contributed by atoms with E-state index in [4.69, 9.17) is 4.74 Å². The fraction of sp³-hybridized carbons (Fsp3) is 0.857. The number of rotatable bonds is 1. The third-order valence-electron chi connectivity index (χ3n) is 1.70. The summed E-state index contributed by atoms with van der Waals surface area (Å²) in [6.07, 6.45) is 3.11. The van der Waals surface area contributed by atoms with Crippen molar-refractivity contribution < 1.29 is 4.74 Å². The van der Waals surface area contributed by atoms with E-state index >= 15 is 0 Å². The van der Waals surface area contributed by atoms with Crippen LogP contribution < -0.4 is 0 Å². The summed E-state index contributed by atoms with van der Waals surface area (Å²) in [6.45, 7) is 4.32. The van der Waals surface area contributed by atoms with Crippen LogP contribution in [-0.4, -0.2) is 16.6 Å². The summed E-state index contributed by atoms with van der Waals surface area (Å²) in [5, 5.41) is 0. The highest BCUT2D eigenvalue weighted by Gasteiger charge is 2.28. The predicted molar refractivity (Wildman–Crippen MR) is 46.7 cm³/mol. The molecule has 1 aliphatic rings. The van der Waals surface area contributed by atoms with Crippen LogP contribution in [-0.2, 0) is 4.74 Å². The van der Waals surface area contributed by atoms with Gasteiger partial charge >= 0.3 is 0 Å². The minimum absolute atomic E-state index is 0.375. The molecule has 0 saturated carbocycles. The van der Waals surface area contributed by atoms with Crippen molar-refractivity contribution in [1.29, 1.82) is 0 Å². The Labute approximate surface area is 70.3 Å².